The zero-order valence-corrected chi connectivity index (χ0v) is 25.5. The van der Waals surface area contributed by atoms with Gasteiger partial charge in [0.25, 0.3) is 0 Å². The number of ether oxygens (including phenoxy) is 1. The highest BCUT2D eigenvalue weighted by molar-refractivity contribution is 5.89. The highest BCUT2D eigenvalue weighted by Gasteiger charge is 2.33. The summed E-state index contributed by atoms with van der Waals surface area (Å²) in [5.74, 6) is 0.105. The smallest absolute Gasteiger partial charge is 0.249 e. The number of carbonyl (C=O) groups is 2. The Hall–Kier alpha value is -5.55. The van der Waals surface area contributed by atoms with Gasteiger partial charge in [-0.25, -0.2) is 4.98 Å². The molecule has 230 valence electrons. The molecule has 0 radical (unpaired) electrons. The minimum absolute atomic E-state index is 0.0963. The van der Waals surface area contributed by atoms with E-state index in [9.17, 15) is 14.9 Å². The van der Waals surface area contributed by atoms with Gasteiger partial charge in [-0.05, 0) is 65.8 Å². The number of carbonyl (C=O) groups excluding carboxylic acids is 2. The second kappa shape index (κ2) is 14.5. The van der Waals surface area contributed by atoms with E-state index >= 15 is 0 Å². The lowest BCUT2D eigenvalue weighted by molar-refractivity contribution is -0.137. The van der Waals surface area contributed by atoms with Crippen molar-refractivity contribution in [3.8, 4) is 11.8 Å². The monoisotopic (exact) mass is 609 g/mol. The molecule has 1 aliphatic rings. The first-order valence-corrected chi connectivity index (χ1v) is 15.6. The maximum Gasteiger partial charge on any atom is 0.249 e. The molecular formula is C38H35N5O3. The molecule has 2 atom stereocenters. The Labute approximate surface area is 268 Å². The largest absolute Gasteiger partial charge is 0.487 e. The molecule has 1 unspecified atom stereocenters. The number of hydrogen-bond donors (Lipinski definition) is 1. The van der Waals surface area contributed by atoms with Crippen molar-refractivity contribution >= 4 is 22.7 Å². The molecule has 2 amide bonds. The van der Waals surface area contributed by atoms with Crippen LogP contribution >= 0.6 is 0 Å². The van der Waals surface area contributed by atoms with Gasteiger partial charge in [-0.1, -0.05) is 72.8 Å². The van der Waals surface area contributed by atoms with Crippen LogP contribution in [0, 0.1) is 17.2 Å². The molecular weight excluding hydrogens is 574 g/mol. The Bertz CT molecular complexity index is 1830. The van der Waals surface area contributed by atoms with E-state index in [1.165, 1.54) is 0 Å². The van der Waals surface area contributed by atoms with E-state index in [1.807, 2.05) is 103 Å². The summed E-state index contributed by atoms with van der Waals surface area (Å²) in [5, 5.41) is 14.0. The van der Waals surface area contributed by atoms with E-state index in [0.717, 1.165) is 33.3 Å². The van der Waals surface area contributed by atoms with Crippen molar-refractivity contribution < 1.29 is 14.3 Å². The molecule has 1 fully saturated rings. The minimum Gasteiger partial charge on any atom is -0.487 e. The van der Waals surface area contributed by atoms with Crippen LogP contribution in [0.2, 0.25) is 0 Å². The molecule has 46 heavy (non-hydrogen) atoms. The van der Waals surface area contributed by atoms with Crippen molar-refractivity contribution in [2.75, 3.05) is 13.1 Å². The summed E-state index contributed by atoms with van der Waals surface area (Å²) in [4.78, 5) is 37.9. The lowest BCUT2D eigenvalue weighted by Gasteiger charge is -2.36. The first kappa shape index (κ1) is 30.5. The van der Waals surface area contributed by atoms with Crippen molar-refractivity contribution in [3.05, 3.63) is 138 Å². The third-order valence-corrected chi connectivity index (χ3v) is 8.50. The molecule has 6 rings (SSSR count). The van der Waals surface area contributed by atoms with Crippen molar-refractivity contribution in [2.45, 2.75) is 37.8 Å². The maximum atomic E-state index is 13.9. The van der Waals surface area contributed by atoms with Crippen LogP contribution in [-0.4, -0.2) is 39.8 Å². The number of benzene rings is 3. The normalized spacial score (nSPS) is 14.6. The molecule has 0 aliphatic carbocycles. The highest BCUT2D eigenvalue weighted by atomic mass is 16.5. The number of nitrogens with zero attached hydrogens (tertiary/aromatic N) is 4. The van der Waals surface area contributed by atoms with Crippen molar-refractivity contribution in [1.29, 1.82) is 5.26 Å². The second-order valence-electron chi connectivity index (χ2n) is 11.6. The molecule has 0 bridgehead atoms. The standard InChI is InChI=1S/C38H35N5O3/c39-24-34(31-12-7-19-40-25-31)28-17-20-43(21-18-28)38(45)37(30-10-2-1-3-11-30)42-36(44)23-27-8-6-13-33(22-27)46-26-32-16-15-29-9-4-5-14-35(29)41-32/h1-16,19,22,25,28,34,37H,17-18,20-21,23,26H2,(H,42,44)/t34?,37-/m0/s1. The van der Waals surface area contributed by atoms with Gasteiger partial charge >= 0.3 is 0 Å². The van der Waals surface area contributed by atoms with Crippen molar-refractivity contribution in [3.63, 3.8) is 0 Å². The molecule has 1 N–H and O–H groups in total. The average Bonchev–Trinajstić information content (AvgIpc) is 3.11. The zero-order valence-electron chi connectivity index (χ0n) is 25.5. The van der Waals surface area contributed by atoms with Gasteiger partial charge in [0.1, 0.15) is 18.4 Å². The van der Waals surface area contributed by atoms with Gasteiger partial charge in [0, 0.05) is 30.9 Å². The quantitative estimate of drug-likeness (QED) is 0.203. The number of nitrogens with one attached hydrogen (secondary N) is 1. The van der Waals surface area contributed by atoms with Crippen LogP contribution in [0.25, 0.3) is 10.9 Å². The molecule has 8 heteroatoms. The molecule has 0 spiro atoms. The van der Waals surface area contributed by atoms with E-state index in [0.29, 0.717) is 38.3 Å². The van der Waals surface area contributed by atoms with Crippen LogP contribution in [0.1, 0.15) is 47.2 Å². The molecule has 8 nitrogen and oxygen atoms in total. The van der Waals surface area contributed by atoms with E-state index in [4.69, 9.17) is 4.74 Å². The predicted molar refractivity (Wildman–Crippen MR) is 175 cm³/mol. The topological polar surface area (TPSA) is 108 Å². The van der Waals surface area contributed by atoms with Crippen LogP contribution in [0.5, 0.6) is 5.75 Å². The minimum atomic E-state index is -0.811. The summed E-state index contributed by atoms with van der Waals surface area (Å²) < 4.78 is 6.01. The predicted octanol–water partition coefficient (Wildman–Crippen LogP) is 6.15. The Balaban J connectivity index is 1.08. The van der Waals surface area contributed by atoms with Crippen LogP contribution in [0.4, 0.5) is 0 Å². The van der Waals surface area contributed by atoms with Crippen LogP contribution < -0.4 is 10.1 Å². The number of likely N-dealkylation sites (tertiary alicyclic amines) is 1. The van der Waals surface area contributed by atoms with E-state index in [-0.39, 0.29) is 30.1 Å². The Kier molecular flexibility index (Phi) is 9.60. The third kappa shape index (κ3) is 7.39. The van der Waals surface area contributed by atoms with Gasteiger partial charge in [-0.2, -0.15) is 5.26 Å². The first-order chi connectivity index (χ1) is 22.6. The van der Waals surface area contributed by atoms with Crippen molar-refractivity contribution in [2.24, 2.45) is 5.92 Å². The van der Waals surface area contributed by atoms with Gasteiger partial charge in [0.2, 0.25) is 11.8 Å². The summed E-state index contributed by atoms with van der Waals surface area (Å²) in [7, 11) is 0. The van der Waals surface area contributed by atoms with Crippen LogP contribution in [-0.2, 0) is 22.6 Å². The fourth-order valence-corrected chi connectivity index (χ4v) is 6.07. The first-order valence-electron chi connectivity index (χ1n) is 15.6. The third-order valence-electron chi connectivity index (χ3n) is 8.50. The Morgan fingerprint density at radius 2 is 1.70 bits per heavy atom. The van der Waals surface area contributed by atoms with Gasteiger partial charge in [-0.15, -0.1) is 0 Å². The number of pyridine rings is 2. The maximum absolute atomic E-state index is 13.9. The Morgan fingerprint density at radius 3 is 2.48 bits per heavy atom. The molecule has 3 heterocycles. The van der Waals surface area contributed by atoms with Gasteiger partial charge < -0.3 is 15.0 Å². The molecule has 0 saturated carbocycles. The van der Waals surface area contributed by atoms with Gasteiger partial charge in [0.05, 0.1) is 29.6 Å². The molecule has 3 aromatic carbocycles. The molecule has 1 aliphatic heterocycles. The molecule has 5 aromatic rings. The SMILES string of the molecule is N#CC(c1cccnc1)C1CCN(C(=O)[C@@H](NC(=O)Cc2cccc(OCc3ccc4ccccc4n3)c2)c2ccccc2)CC1. The van der Waals surface area contributed by atoms with Crippen molar-refractivity contribution in [1.82, 2.24) is 20.2 Å². The van der Waals surface area contributed by atoms with Gasteiger partial charge in [-0.3, -0.25) is 14.6 Å². The number of rotatable bonds is 10. The summed E-state index contributed by atoms with van der Waals surface area (Å²) in [6.45, 7) is 1.35. The summed E-state index contributed by atoms with van der Waals surface area (Å²) in [6.07, 6.45) is 4.95. The zero-order chi connectivity index (χ0) is 31.7. The summed E-state index contributed by atoms with van der Waals surface area (Å²) in [5.41, 5.74) is 4.14. The number of piperidine rings is 1. The van der Waals surface area contributed by atoms with Gasteiger partial charge in [0.15, 0.2) is 0 Å². The second-order valence-corrected chi connectivity index (χ2v) is 11.6. The number of amides is 2. The summed E-state index contributed by atoms with van der Waals surface area (Å²) in [6, 6.07) is 34.1. The number of para-hydroxylation sites is 1. The average molecular weight is 610 g/mol. The fraction of sp³-hybridized carbons (Fsp3) is 0.237. The molecule has 1 saturated heterocycles. The lowest BCUT2D eigenvalue weighted by Crippen LogP contribution is -2.46. The number of aromatic nitrogens is 2. The van der Waals surface area contributed by atoms with Crippen LogP contribution in [0.3, 0.4) is 0 Å². The van der Waals surface area contributed by atoms with E-state index in [2.05, 4.69) is 21.4 Å². The lowest BCUT2D eigenvalue weighted by atomic mass is 9.81. The fourth-order valence-electron chi connectivity index (χ4n) is 6.07. The Morgan fingerprint density at radius 1 is 0.913 bits per heavy atom. The summed E-state index contributed by atoms with van der Waals surface area (Å²) >= 11 is 0. The number of fused-ring (bicyclic) bond motifs is 1. The molecule has 2 aromatic heterocycles. The number of nitriles is 1. The van der Waals surface area contributed by atoms with E-state index < -0.39 is 6.04 Å². The number of hydrogen-bond acceptors (Lipinski definition) is 6. The van der Waals surface area contributed by atoms with Crippen LogP contribution in [0.15, 0.2) is 116 Å². The van der Waals surface area contributed by atoms with E-state index in [1.54, 1.807) is 17.3 Å². The highest BCUT2D eigenvalue weighted by Crippen LogP contribution is 2.33.